The molecule has 1 aromatic carbocycles. The average molecular weight is 436 g/mol. The largest absolute Gasteiger partial charge is 0.480 e. The highest BCUT2D eigenvalue weighted by Crippen LogP contribution is 2.32. The van der Waals surface area contributed by atoms with E-state index in [1.807, 2.05) is 39.0 Å². The third-order valence-electron chi connectivity index (χ3n) is 5.46. The second kappa shape index (κ2) is 8.29. The van der Waals surface area contributed by atoms with Gasteiger partial charge in [-0.05, 0) is 36.1 Å². The summed E-state index contributed by atoms with van der Waals surface area (Å²) in [5.74, 6) is -1.10. The summed E-state index contributed by atoms with van der Waals surface area (Å²) in [5, 5.41) is 13.8. The minimum atomic E-state index is -0.924. The van der Waals surface area contributed by atoms with Crippen molar-refractivity contribution in [2.75, 3.05) is 23.8 Å². The quantitative estimate of drug-likeness (QED) is 0.623. The van der Waals surface area contributed by atoms with E-state index in [0.29, 0.717) is 12.2 Å². The predicted molar refractivity (Wildman–Crippen MR) is 118 cm³/mol. The van der Waals surface area contributed by atoms with E-state index in [1.165, 1.54) is 11.0 Å². The van der Waals surface area contributed by atoms with E-state index in [-0.39, 0.29) is 35.7 Å². The number of anilines is 2. The molecule has 3 heterocycles. The van der Waals surface area contributed by atoms with Gasteiger partial charge in [0.25, 0.3) is 5.91 Å². The number of aromatic nitrogens is 4. The SMILES string of the molecule is Cc1cc(N2CCOc3ncnc(N)c3C2=O)ccc1-c1cnn(C(C(=O)O)C(C)C)c1. The van der Waals surface area contributed by atoms with Gasteiger partial charge >= 0.3 is 5.97 Å². The third kappa shape index (κ3) is 3.75. The number of benzene rings is 1. The number of rotatable bonds is 5. The highest BCUT2D eigenvalue weighted by atomic mass is 16.5. The maximum absolute atomic E-state index is 13.1. The number of aliphatic carboxylic acids is 1. The maximum Gasteiger partial charge on any atom is 0.328 e. The Bertz CT molecular complexity index is 1190. The first-order valence-corrected chi connectivity index (χ1v) is 10.2. The molecular weight excluding hydrogens is 412 g/mol. The fourth-order valence-corrected chi connectivity index (χ4v) is 3.88. The number of nitrogen functional groups attached to an aromatic ring is 1. The lowest BCUT2D eigenvalue weighted by Crippen LogP contribution is -2.32. The number of carbonyl (C=O) groups excluding carboxylic acids is 1. The van der Waals surface area contributed by atoms with E-state index in [2.05, 4.69) is 15.1 Å². The Morgan fingerprint density at radius 1 is 1.28 bits per heavy atom. The lowest BCUT2D eigenvalue weighted by atomic mass is 10.0. The Kier molecular flexibility index (Phi) is 5.52. The molecule has 0 saturated heterocycles. The van der Waals surface area contributed by atoms with Gasteiger partial charge in [0.15, 0.2) is 6.04 Å². The van der Waals surface area contributed by atoms with Crippen LogP contribution in [0.3, 0.4) is 0 Å². The van der Waals surface area contributed by atoms with E-state index in [0.717, 1.165) is 16.7 Å². The Hall–Kier alpha value is -3.95. The fourth-order valence-electron chi connectivity index (χ4n) is 3.88. The van der Waals surface area contributed by atoms with Gasteiger partial charge in [-0.2, -0.15) is 5.10 Å². The fraction of sp³-hybridized carbons (Fsp3) is 0.318. The average Bonchev–Trinajstić information content (AvgIpc) is 3.12. The number of carboxylic acids is 1. The Labute approximate surface area is 184 Å². The van der Waals surface area contributed by atoms with Gasteiger partial charge in [0.05, 0.1) is 12.7 Å². The number of nitrogens with two attached hydrogens (primary N) is 1. The number of amides is 1. The molecule has 1 atom stereocenters. The van der Waals surface area contributed by atoms with Crippen molar-refractivity contribution < 1.29 is 19.4 Å². The molecule has 3 aromatic rings. The minimum absolute atomic E-state index is 0.0748. The topological polar surface area (TPSA) is 136 Å². The van der Waals surface area contributed by atoms with Gasteiger partial charge < -0.3 is 20.5 Å². The molecule has 0 bridgehead atoms. The molecule has 1 amide bonds. The molecule has 1 aliphatic rings. The van der Waals surface area contributed by atoms with Crippen LogP contribution in [0.2, 0.25) is 0 Å². The number of aryl methyl sites for hydroxylation is 1. The van der Waals surface area contributed by atoms with Gasteiger partial charge in [-0.25, -0.2) is 14.8 Å². The zero-order chi connectivity index (χ0) is 23.0. The second-order valence-corrected chi connectivity index (χ2v) is 7.98. The summed E-state index contributed by atoms with van der Waals surface area (Å²) < 4.78 is 7.06. The van der Waals surface area contributed by atoms with Crippen LogP contribution >= 0.6 is 0 Å². The number of ether oxygens (including phenoxy) is 1. The number of hydrogen-bond donors (Lipinski definition) is 2. The van der Waals surface area contributed by atoms with Crippen molar-refractivity contribution >= 4 is 23.4 Å². The summed E-state index contributed by atoms with van der Waals surface area (Å²) in [6, 6.07) is 4.87. The molecular formula is C22H24N6O4. The number of carbonyl (C=O) groups is 2. The van der Waals surface area contributed by atoms with Crippen LogP contribution in [-0.4, -0.2) is 49.9 Å². The first-order valence-electron chi connectivity index (χ1n) is 10.2. The number of fused-ring (bicyclic) bond motifs is 1. The molecule has 0 saturated carbocycles. The lowest BCUT2D eigenvalue weighted by molar-refractivity contribution is -0.142. The highest BCUT2D eigenvalue weighted by molar-refractivity contribution is 6.10. The van der Waals surface area contributed by atoms with Crippen molar-refractivity contribution in [2.45, 2.75) is 26.8 Å². The van der Waals surface area contributed by atoms with Gasteiger partial charge in [0, 0.05) is 17.4 Å². The predicted octanol–water partition coefficient (Wildman–Crippen LogP) is 2.55. The van der Waals surface area contributed by atoms with Crippen molar-refractivity contribution in [3.8, 4) is 17.0 Å². The molecule has 3 N–H and O–H groups in total. The maximum atomic E-state index is 13.1. The zero-order valence-corrected chi connectivity index (χ0v) is 18.0. The number of carboxylic acid groups (broad SMARTS) is 1. The molecule has 1 aliphatic heterocycles. The molecule has 2 aromatic heterocycles. The molecule has 0 fully saturated rings. The summed E-state index contributed by atoms with van der Waals surface area (Å²) in [4.78, 5) is 34.3. The first-order chi connectivity index (χ1) is 15.3. The second-order valence-electron chi connectivity index (χ2n) is 7.98. The standard InChI is InChI=1S/C22H24N6O4/c1-12(2)18(22(30)31)28-10-14(9-26-28)16-5-4-15(8-13(16)3)27-6-7-32-20-17(21(27)29)19(23)24-11-25-20/h4-5,8-12,18H,6-7H2,1-3H3,(H,30,31)(H2,23,24,25). The Balaban J connectivity index is 1.65. The van der Waals surface area contributed by atoms with Gasteiger partial charge in [-0.3, -0.25) is 9.48 Å². The van der Waals surface area contributed by atoms with E-state index >= 15 is 0 Å². The van der Waals surface area contributed by atoms with Crippen LogP contribution in [0.25, 0.3) is 11.1 Å². The molecule has 4 rings (SSSR count). The van der Waals surface area contributed by atoms with E-state index in [9.17, 15) is 14.7 Å². The monoisotopic (exact) mass is 436 g/mol. The Morgan fingerprint density at radius 2 is 2.06 bits per heavy atom. The van der Waals surface area contributed by atoms with Crippen LogP contribution < -0.4 is 15.4 Å². The minimum Gasteiger partial charge on any atom is -0.480 e. The van der Waals surface area contributed by atoms with Crippen LogP contribution in [0.4, 0.5) is 11.5 Å². The van der Waals surface area contributed by atoms with Crippen molar-refractivity contribution in [2.24, 2.45) is 5.92 Å². The van der Waals surface area contributed by atoms with Crippen LogP contribution in [0.5, 0.6) is 5.88 Å². The molecule has 32 heavy (non-hydrogen) atoms. The van der Waals surface area contributed by atoms with E-state index < -0.39 is 12.0 Å². The molecule has 166 valence electrons. The van der Waals surface area contributed by atoms with Crippen LogP contribution in [0.1, 0.15) is 35.8 Å². The van der Waals surface area contributed by atoms with Gasteiger partial charge in [0.2, 0.25) is 5.88 Å². The van der Waals surface area contributed by atoms with Crippen molar-refractivity contribution in [1.82, 2.24) is 19.7 Å². The van der Waals surface area contributed by atoms with Crippen LogP contribution in [0.15, 0.2) is 36.9 Å². The first kappa shape index (κ1) is 21.3. The van der Waals surface area contributed by atoms with Crippen molar-refractivity contribution in [3.63, 3.8) is 0 Å². The number of hydrogen-bond acceptors (Lipinski definition) is 7. The van der Waals surface area contributed by atoms with Crippen LogP contribution in [-0.2, 0) is 4.79 Å². The summed E-state index contributed by atoms with van der Waals surface area (Å²) in [6.07, 6.45) is 4.66. The van der Waals surface area contributed by atoms with Crippen molar-refractivity contribution in [3.05, 3.63) is 48.0 Å². The summed E-state index contributed by atoms with van der Waals surface area (Å²) >= 11 is 0. The molecule has 1 unspecified atom stereocenters. The van der Waals surface area contributed by atoms with E-state index in [4.69, 9.17) is 10.5 Å². The molecule has 10 nitrogen and oxygen atoms in total. The summed E-state index contributed by atoms with van der Waals surface area (Å²) in [5.41, 5.74) is 9.36. The lowest BCUT2D eigenvalue weighted by Gasteiger charge is -2.21. The Morgan fingerprint density at radius 3 is 2.75 bits per heavy atom. The van der Waals surface area contributed by atoms with Gasteiger partial charge in [0.1, 0.15) is 24.3 Å². The molecule has 0 radical (unpaired) electrons. The van der Waals surface area contributed by atoms with Crippen LogP contribution in [0, 0.1) is 12.8 Å². The molecule has 0 aliphatic carbocycles. The van der Waals surface area contributed by atoms with Gasteiger partial charge in [-0.1, -0.05) is 19.9 Å². The summed E-state index contributed by atoms with van der Waals surface area (Å²) in [7, 11) is 0. The van der Waals surface area contributed by atoms with E-state index in [1.54, 1.807) is 17.3 Å². The normalized spacial score (nSPS) is 14.6. The third-order valence-corrected chi connectivity index (χ3v) is 5.46. The zero-order valence-electron chi connectivity index (χ0n) is 18.0. The molecule has 0 spiro atoms. The van der Waals surface area contributed by atoms with Crippen molar-refractivity contribution in [1.29, 1.82) is 0 Å². The van der Waals surface area contributed by atoms with Gasteiger partial charge in [-0.15, -0.1) is 0 Å². The number of nitrogens with zero attached hydrogens (tertiary/aromatic N) is 5. The highest BCUT2D eigenvalue weighted by Gasteiger charge is 2.29. The summed E-state index contributed by atoms with van der Waals surface area (Å²) in [6.45, 7) is 6.22. The smallest absolute Gasteiger partial charge is 0.328 e. The molecule has 10 heteroatoms.